The summed E-state index contributed by atoms with van der Waals surface area (Å²) in [5, 5.41) is 21.7. The number of amides is 2. The van der Waals surface area contributed by atoms with Gasteiger partial charge in [-0.3, -0.25) is 5.21 Å². The van der Waals surface area contributed by atoms with Gasteiger partial charge in [0.15, 0.2) is 0 Å². The standard InChI is InChI=1S/C25H38N4O3/c1-5-16(2)12-17(3)15-32-18(4)23(14-26)29(31)28-25(30)27-24-21-10-6-8-19(21)13-20-9-7-11-22(20)24/h13-14,16-17,26,31H,5-12,15H2,1-4H3,(H2,27,28,30)/b23-18-,26-14?/t16-,17?/m1/s1. The van der Waals surface area contributed by atoms with E-state index in [2.05, 4.69) is 37.6 Å². The van der Waals surface area contributed by atoms with Crippen LogP contribution in [0, 0.1) is 17.2 Å². The third-order valence-electron chi connectivity index (χ3n) is 6.73. The number of urea groups is 1. The minimum absolute atomic E-state index is 0.0967. The Balaban J connectivity index is 1.63. The Morgan fingerprint density at radius 1 is 1.19 bits per heavy atom. The Morgan fingerprint density at radius 3 is 2.38 bits per heavy atom. The monoisotopic (exact) mass is 442 g/mol. The molecule has 2 atom stereocenters. The number of hydrogen-bond acceptors (Lipinski definition) is 5. The first-order chi connectivity index (χ1) is 15.3. The van der Waals surface area contributed by atoms with Gasteiger partial charge < -0.3 is 15.5 Å². The highest BCUT2D eigenvalue weighted by molar-refractivity contribution is 5.92. The predicted molar refractivity (Wildman–Crippen MR) is 127 cm³/mol. The van der Waals surface area contributed by atoms with Crippen molar-refractivity contribution >= 4 is 17.9 Å². The first-order valence-corrected chi connectivity index (χ1v) is 11.9. The van der Waals surface area contributed by atoms with Crippen LogP contribution in [0.25, 0.3) is 0 Å². The number of hydrogen-bond donors (Lipinski definition) is 4. The van der Waals surface area contributed by atoms with Crippen LogP contribution in [0.3, 0.4) is 0 Å². The zero-order valence-corrected chi connectivity index (χ0v) is 19.9. The van der Waals surface area contributed by atoms with Crippen molar-refractivity contribution in [2.75, 3.05) is 11.9 Å². The summed E-state index contributed by atoms with van der Waals surface area (Å²) in [6.07, 6.45) is 9.41. The van der Waals surface area contributed by atoms with E-state index in [1.807, 2.05) is 0 Å². The topological polar surface area (TPSA) is 97.7 Å². The van der Waals surface area contributed by atoms with Crippen LogP contribution in [0.2, 0.25) is 0 Å². The summed E-state index contributed by atoms with van der Waals surface area (Å²) >= 11 is 0. The van der Waals surface area contributed by atoms with Crippen molar-refractivity contribution in [1.29, 1.82) is 5.41 Å². The van der Waals surface area contributed by atoms with Gasteiger partial charge in [-0.1, -0.05) is 33.3 Å². The highest BCUT2D eigenvalue weighted by Gasteiger charge is 2.25. The molecular weight excluding hydrogens is 404 g/mol. The molecule has 3 rings (SSSR count). The molecule has 0 saturated heterocycles. The van der Waals surface area contributed by atoms with Crippen molar-refractivity contribution in [2.24, 2.45) is 11.8 Å². The van der Waals surface area contributed by atoms with E-state index < -0.39 is 6.03 Å². The molecule has 176 valence electrons. The van der Waals surface area contributed by atoms with Crippen molar-refractivity contribution in [3.8, 4) is 0 Å². The van der Waals surface area contributed by atoms with Crippen LogP contribution in [0.5, 0.6) is 0 Å². The molecule has 1 aromatic carbocycles. The molecule has 1 unspecified atom stereocenters. The van der Waals surface area contributed by atoms with E-state index in [-0.39, 0.29) is 5.70 Å². The molecule has 32 heavy (non-hydrogen) atoms. The molecule has 7 heteroatoms. The summed E-state index contributed by atoms with van der Waals surface area (Å²) in [5.41, 5.74) is 8.54. The first-order valence-electron chi connectivity index (χ1n) is 11.9. The molecule has 0 aliphatic heterocycles. The maximum Gasteiger partial charge on any atom is 0.339 e. The van der Waals surface area contributed by atoms with Crippen LogP contribution in [0.1, 0.15) is 75.6 Å². The van der Waals surface area contributed by atoms with E-state index in [4.69, 9.17) is 10.1 Å². The molecule has 7 nitrogen and oxygen atoms in total. The third-order valence-corrected chi connectivity index (χ3v) is 6.73. The molecule has 0 radical (unpaired) electrons. The number of aryl methyl sites for hydroxylation is 2. The fourth-order valence-electron chi connectivity index (χ4n) is 4.84. The maximum absolute atomic E-state index is 12.7. The Bertz CT molecular complexity index is 848. The first kappa shape index (κ1) is 24.1. The second-order valence-corrected chi connectivity index (χ2v) is 9.36. The summed E-state index contributed by atoms with van der Waals surface area (Å²) in [5.74, 6) is 1.37. The second-order valence-electron chi connectivity index (χ2n) is 9.36. The highest BCUT2D eigenvalue weighted by atomic mass is 16.5. The Morgan fingerprint density at radius 2 is 1.81 bits per heavy atom. The van der Waals surface area contributed by atoms with E-state index in [9.17, 15) is 10.0 Å². The van der Waals surface area contributed by atoms with Crippen LogP contribution in [0.4, 0.5) is 10.5 Å². The summed E-state index contributed by atoms with van der Waals surface area (Å²) in [6, 6.07) is 1.78. The van der Waals surface area contributed by atoms with Gasteiger partial charge in [0.25, 0.3) is 0 Å². The molecular formula is C25H38N4O3. The molecule has 4 N–H and O–H groups in total. The predicted octanol–water partition coefficient (Wildman–Crippen LogP) is 5.36. The minimum Gasteiger partial charge on any atom is -0.496 e. The van der Waals surface area contributed by atoms with Gasteiger partial charge in [0, 0.05) is 11.9 Å². The number of benzene rings is 1. The summed E-state index contributed by atoms with van der Waals surface area (Å²) in [4.78, 5) is 12.7. The van der Waals surface area contributed by atoms with Gasteiger partial charge in [0.1, 0.15) is 11.5 Å². The Labute approximate surface area is 191 Å². The average Bonchev–Trinajstić information content (AvgIpc) is 3.41. The maximum atomic E-state index is 12.7. The lowest BCUT2D eigenvalue weighted by atomic mass is 9.96. The lowest BCUT2D eigenvalue weighted by Crippen LogP contribution is -2.42. The van der Waals surface area contributed by atoms with Crippen molar-refractivity contribution in [3.63, 3.8) is 0 Å². The van der Waals surface area contributed by atoms with E-state index in [1.54, 1.807) is 6.92 Å². The van der Waals surface area contributed by atoms with Gasteiger partial charge >= 0.3 is 6.03 Å². The molecule has 2 aliphatic rings. The van der Waals surface area contributed by atoms with E-state index >= 15 is 0 Å². The van der Waals surface area contributed by atoms with Crippen molar-refractivity contribution < 1.29 is 14.7 Å². The number of hydroxylamine groups is 1. The molecule has 0 saturated carbocycles. The SMILES string of the molecule is CC[C@@H](C)CC(C)CO/C(C)=C(/C=N)N(O)NC(=O)Nc1c2c(cc3c1CCC3)CCC2. The van der Waals surface area contributed by atoms with E-state index in [0.29, 0.717) is 29.4 Å². The number of carbonyl (C=O) groups is 1. The second kappa shape index (κ2) is 10.9. The molecule has 0 heterocycles. The number of fused-ring (bicyclic) bond motifs is 2. The average molecular weight is 443 g/mol. The number of nitrogens with one attached hydrogen (secondary N) is 3. The smallest absolute Gasteiger partial charge is 0.339 e. The zero-order chi connectivity index (χ0) is 23.3. The van der Waals surface area contributed by atoms with Crippen LogP contribution in [0.15, 0.2) is 17.5 Å². The third kappa shape index (κ3) is 5.63. The number of hydrazine groups is 1. The van der Waals surface area contributed by atoms with Gasteiger partial charge in [-0.15, -0.1) is 0 Å². The number of ether oxygens (including phenoxy) is 1. The van der Waals surface area contributed by atoms with Crippen LogP contribution >= 0.6 is 0 Å². The number of carbonyl (C=O) groups excluding carboxylic acids is 1. The van der Waals surface area contributed by atoms with Gasteiger partial charge in [-0.05, 0) is 86.0 Å². The fourth-order valence-corrected chi connectivity index (χ4v) is 4.84. The van der Waals surface area contributed by atoms with Crippen LogP contribution < -0.4 is 10.7 Å². The summed E-state index contributed by atoms with van der Waals surface area (Å²) in [7, 11) is 0. The van der Waals surface area contributed by atoms with Crippen LogP contribution in [-0.2, 0) is 30.4 Å². The Hall–Kier alpha value is -2.54. The molecule has 2 aliphatic carbocycles. The minimum atomic E-state index is -0.529. The largest absolute Gasteiger partial charge is 0.496 e. The molecule has 0 fully saturated rings. The van der Waals surface area contributed by atoms with Gasteiger partial charge in [0.05, 0.1) is 6.61 Å². The normalized spacial score (nSPS) is 17.0. The fraction of sp³-hybridized carbons (Fsp3) is 0.600. The van der Waals surface area contributed by atoms with Crippen molar-refractivity contribution in [1.82, 2.24) is 10.6 Å². The molecule has 0 bridgehead atoms. The summed E-state index contributed by atoms with van der Waals surface area (Å²) in [6.45, 7) is 8.71. The molecule has 0 aromatic heterocycles. The van der Waals surface area contributed by atoms with Crippen molar-refractivity contribution in [2.45, 2.75) is 79.1 Å². The molecule has 2 amide bonds. The molecule has 1 aromatic rings. The van der Waals surface area contributed by atoms with Gasteiger partial charge in [-0.25, -0.2) is 10.2 Å². The molecule has 0 spiro atoms. The van der Waals surface area contributed by atoms with Crippen molar-refractivity contribution in [3.05, 3.63) is 39.8 Å². The summed E-state index contributed by atoms with van der Waals surface area (Å²) < 4.78 is 5.80. The lowest BCUT2D eigenvalue weighted by molar-refractivity contribution is -0.0843. The zero-order valence-electron chi connectivity index (χ0n) is 19.9. The van der Waals surface area contributed by atoms with Gasteiger partial charge in [0.2, 0.25) is 0 Å². The number of nitrogens with zero attached hydrogens (tertiary/aromatic N) is 1. The van der Waals surface area contributed by atoms with E-state index in [1.165, 1.54) is 22.3 Å². The highest BCUT2D eigenvalue weighted by Crippen LogP contribution is 2.38. The number of anilines is 1. The van der Waals surface area contributed by atoms with Crippen LogP contribution in [-0.4, -0.2) is 29.2 Å². The quantitative estimate of drug-likeness (QED) is 0.223. The lowest BCUT2D eigenvalue weighted by Gasteiger charge is -2.23. The van der Waals surface area contributed by atoms with E-state index in [0.717, 1.165) is 63.3 Å². The number of allylic oxidation sites excluding steroid dienone is 2. The van der Waals surface area contributed by atoms with Gasteiger partial charge in [-0.2, -0.15) is 5.17 Å². The Kier molecular flexibility index (Phi) is 8.18. The number of rotatable bonds is 10.